The Bertz CT molecular complexity index is 436. The minimum atomic E-state index is 0.255. The minimum Gasteiger partial charge on any atom is -0.311 e. The Labute approximate surface area is 124 Å². The maximum Gasteiger partial charge on any atom is 0.0100 e. The lowest BCUT2D eigenvalue weighted by Gasteiger charge is -2.33. The van der Waals surface area contributed by atoms with Crippen molar-refractivity contribution in [3.05, 3.63) is 35.9 Å². The maximum atomic E-state index is 3.94. The summed E-state index contributed by atoms with van der Waals surface area (Å²) in [5.41, 5.74) is 1.72. The van der Waals surface area contributed by atoms with E-state index in [4.69, 9.17) is 0 Å². The number of nitrogens with one attached hydrogen (secondary N) is 1. The van der Waals surface area contributed by atoms with E-state index in [1.165, 1.54) is 37.7 Å². The van der Waals surface area contributed by atoms with Crippen molar-refractivity contribution in [2.45, 2.75) is 70.4 Å². The van der Waals surface area contributed by atoms with Crippen molar-refractivity contribution in [2.24, 2.45) is 11.8 Å². The predicted molar refractivity (Wildman–Crippen MR) is 85.9 cm³/mol. The summed E-state index contributed by atoms with van der Waals surface area (Å²) in [6.07, 6.45) is 7.10. The molecule has 2 saturated carbocycles. The van der Waals surface area contributed by atoms with Crippen molar-refractivity contribution in [3.63, 3.8) is 0 Å². The third-order valence-electron chi connectivity index (χ3n) is 5.61. The first-order valence-electron chi connectivity index (χ1n) is 8.36. The van der Waals surface area contributed by atoms with Gasteiger partial charge in [-0.3, -0.25) is 0 Å². The van der Waals surface area contributed by atoms with Crippen LogP contribution in [0.15, 0.2) is 30.3 Å². The normalized spacial score (nSPS) is 30.6. The summed E-state index contributed by atoms with van der Waals surface area (Å²) in [5, 5.41) is 3.94. The van der Waals surface area contributed by atoms with Gasteiger partial charge in [0.25, 0.3) is 0 Å². The van der Waals surface area contributed by atoms with E-state index in [1.54, 1.807) is 0 Å². The average Bonchev–Trinajstić information content (AvgIpc) is 3.01. The largest absolute Gasteiger partial charge is 0.311 e. The fraction of sp³-hybridized carbons (Fsp3) is 0.684. The smallest absolute Gasteiger partial charge is 0.0100 e. The molecule has 1 aromatic rings. The summed E-state index contributed by atoms with van der Waals surface area (Å²) in [5.74, 6) is 2.01. The first-order chi connectivity index (χ1) is 9.54. The van der Waals surface area contributed by atoms with Gasteiger partial charge in [0.2, 0.25) is 0 Å². The molecule has 20 heavy (non-hydrogen) atoms. The van der Waals surface area contributed by atoms with Crippen LogP contribution in [0, 0.1) is 11.8 Å². The maximum absolute atomic E-state index is 3.94. The second kappa shape index (κ2) is 5.52. The Morgan fingerprint density at radius 3 is 2.50 bits per heavy atom. The van der Waals surface area contributed by atoms with E-state index in [-0.39, 0.29) is 5.41 Å². The topological polar surface area (TPSA) is 12.0 Å². The molecule has 1 N–H and O–H groups in total. The van der Waals surface area contributed by atoms with E-state index < -0.39 is 0 Å². The highest BCUT2D eigenvalue weighted by atomic mass is 15.0. The SMILES string of the molecule is CC(CC(C)(C)c1ccccc1)NC1CC2CCC1C2. The summed E-state index contributed by atoms with van der Waals surface area (Å²) >= 11 is 0. The second-order valence-corrected chi connectivity index (χ2v) is 7.80. The quantitative estimate of drug-likeness (QED) is 0.830. The van der Waals surface area contributed by atoms with Gasteiger partial charge in [-0.25, -0.2) is 0 Å². The third kappa shape index (κ3) is 2.93. The molecule has 2 aliphatic carbocycles. The van der Waals surface area contributed by atoms with Gasteiger partial charge in [-0.15, -0.1) is 0 Å². The van der Waals surface area contributed by atoms with Crippen molar-refractivity contribution in [2.75, 3.05) is 0 Å². The Morgan fingerprint density at radius 1 is 1.15 bits per heavy atom. The molecular weight excluding hydrogens is 242 g/mol. The summed E-state index contributed by atoms with van der Waals surface area (Å²) < 4.78 is 0. The molecule has 110 valence electrons. The molecule has 1 nitrogen and oxygen atoms in total. The van der Waals surface area contributed by atoms with Gasteiger partial charge < -0.3 is 5.32 Å². The Morgan fingerprint density at radius 2 is 1.90 bits per heavy atom. The number of rotatable bonds is 5. The molecule has 2 fully saturated rings. The second-order valence-electron chi connectivity index (χ2n) is 7.80. The standard InChI is InChI=1S/C19H29N/c1-14(20-18-12-15-9-10-16(18)11-15)13-19(2,3)17-7-5-4-6-8-17/h4-8,14-16,18,20H,9-13H2,1-3H3. The Kier molecular flexibility index (Phi) is 3.90. The van der Waals surface area contributed by atoms with Crippen LogP contribution in [0.3, 0.4) is 0 Å². The van der Waals surface area contributed by atoms with Crippen LogP contribution in [0.25, 0.3) is 0 Å². The van der Waals surface area contributed by atoms with Gasteiger partial charge in [0, 0.05) is 12.1 Å². The molecule has 3 rings (SSSR count). The van der Waals surface area contributed by atoms with Crippen molar-refractivity contribution < 1.29 is 0 Å². The highest BCUT2D eigenvalue weighted by molar-refractivity contribution is 5.23. The highest BCUT2D eigenvalue weighted by Crippen LogP contribution is 2.44. The molecule has 4 atom stereocenters. The lowest BCUT2D eigenvalue weighted by molar-refractivity contribution is 0.293. The van der Waals surface area contributed by atoms with Crippen LogP contribution in [0.4, 0.5) is 0 Å². The van der Waals surface area contributed by atoms with Gasteiger partial charge in [-0.05, 0) is 55.4 Å². The van der Waals surface area contributed by atoms with Crippen LogP contribution < -0.4 is 5.32 Å². The fourth-order valence-corrected chi connectivity index (χ4v) is 4.65. The van der Waals surface area contributed by atoms with Crippen molar-refractivity contribution in [3.8, 4) is 0 Å². The van der Waals surface area contributed by atoms with E-state index in [9.17, 15) is 0 Å². The molecule has 0 amide bonds. The number of fused-ring (bicyclic) bond motifs is 2. The number of hydrogen-bond donors (Lipinski definition) is 1. The summed E-state index contributed by atoms with van der Waals surface area (Å²) in [6, 6.07) is 12.4. The summed E-state index contributed by atoms with van der Waals surface area (Å²) in [7, 11) is 0. The lowest BCUT2D eigenvalue weighted by Crippen LogP contribution is -2.42. The molecule has 1 heteroatoms. The van der Waals surface area contributed by atoms with Crippen LogP contribution in [0.1, 0.15) is 58.4 Å². The van der Waals surface area contributed by atoms with Crippen LogP contribution in [0.5, 0.6) is 0 Å². The average molecular weight is 271 g/mol. The van der Waals surface area contributed by atoms with Gasteiger partial charge in [0.05, 0.1) is 0 Å². The monoisotopic (exact) mass is 271 g/mol. The van der Waals surface area contributed by atoms with E-state index in [0.29, 0.717) is 6.04 Å². The van der Waals surface area contributed by atoms with Crippen LogP contribution in [-0.2, 0) is 5.41 Å². The van der Waals surface area contributed by atoms with Crippen molar-refractivity contribution in [1.29, 1.82) is 0 Å². The zero-order valence-electron chi connectivity index (χ0n) is 13.2. The van der Waals surface area contributed by atoms with Crippen LogP contribution in [-0.4, -0.2) is 12.1 Å². The zero-order chi connectivity index (χ0) is 14.2. The molecule has 2 aliphatic rings. The molecule has 0 heterocycles. The van der Waals surface area contributed by atoms with E-state index in [0.717, 1.165) is 17.9 Å². The Balaban J connectivity index is 1.57. The highest BCUT2D eigenvalue weighted by Gasteiger charge is 2.40. The molecule has 1 aromatic carbocycles. The number of hydrogen-bond acceptors (Lipinski definition) is 1. The molecule has 0 spiro atoms. The molecule has 0 saturated heterocycles. The predicted octanol–water partition coefficient (Wildman–Crippen LogP) is 4.52. The summed E-state index contributed by atoms with van der Waals surface area (Å²) in [6.45, 7) is 7.12. The molecule has 4 unspecified atom stereocenters. The van der Waals surface area contributed by atoms with Crippen molar-refractivity contribution >= 4 is 0 Å². The van der Waals surface area contributed by atoms with Gasteiger partial charge in [-0.2, -0.15) is 0 Å². The molecule has 0 aromatic heterocycles. The third-order valence-corrected chi connectivity index (χ3v) is 5.61. The van der Waals surface area contributed by atoms with Gasteiger partial charge in [0.1, 0.15) is 0 Å². The van der Waals surface area contributed by atoms with Crippen LogP contribution in [0.2, 0.25) is 0 Å². The van der Waals surface area contributed by atoms with Gasteiger partial charge in [-0.1, -0.05) is 50.6 Å². The van der Waals surface area contributed by atoms with E-state index in [1.807, 2.05) is 0 Å². The van der Waals surface area contributed by atoms with Crippen molar-refractivity contribution in [1.82, 2.24) is 5.32 Å². The first-order valence-corrected chi connectivity index (χ1v) is 8.36. The number of benzene rings is 1. The van der Waals surface area contributed by atoms with E-state index >= 15 is 0 Å². The van der Waals surface area contributed by atoms with E-state index in [2.05, 4.69) is 56.4 Å². The van der Waals surface area contributed by atoms with Gasteiger partial charge >= 0.3 is 0 Å². The molecule has 2 bridgehead atoms. The first kappa shape index (κ1) is 14.1. The fourth-order valence-electron chi connectivity index (χ4n) is 4.65. The minimum absolute atomic E-state index is 0.255. The molecule has 0 radical (unpaired) electrons. The Hall–Kier alpha value is -0.820. The van der Waals surface area contributed by atoms with Crippen LogP contribution >= 0.6 is 0 Å². The van der Waals surface area contributed by atoms with Gasteiger partial charge in [0.15, 0.2) is 0 Å². The molecular formula is C19H29N. The zero-order valence-corrected chi connectivity index (χ0v) is 13.2. The molecule has 0 aliphatic heterocycles. The lowest BCUT2D eigenvalue weighted by atomic mass is 9.79. The summed E-state index contributed by atoms with van der Waals surface area (Å²) in [4.78, 5) is 0.